The van der Waals surface area contributed by atoms with Crippen LogP contribution in [0.3, 0.4) is 0 Å². The zero-order valence-electron chi connectivity index (χ0n) is 28.6. The van der Waals surface area contributed by atoms with E-state index in [1.165, 1.54) is 11.1 Å². The van der Waals surface area contributed by atoms with Crippen molar-refractivity contribution >= 4 is 30.7 Å². The van der Waals surface area contributed by atoms with E-state index < -0.39 is 0 Å². The highest BCUT2D eigenvalue weighted by Crippen LogP contribution is 2.33. The van der Waals surface area contributed by atoms with Gasteiger partial charge < -0.3 is 19.4 Å². The van der Waals surface area contributed by atoms with E-state index in [2.05, 4.69) is 84.6 Å². The lowest BCUT2D eigenvalue weighted by Crippen LogP contribution is -2.56. The fourth-order valence-corrected chi connectivity index (χ4v) is 6.13. The number of amides is 2. The molecule has 0 aliphatic heterocycles. The predicted octanol–water partition coefficient (Wildman–Crippen LogP) is 7.47. The van der Waals surface area contributed by atoms with E-state index in [1.54, 1.807) is 0 Å². The van der Waals surface area contributed by atoms with Crippen LogP contribution in [-0.2, 0) is 13.0 Å². The largest absolute Gasteiger partial charge is 0.791 e. The Kier molecular flexibility index (Phi) is 10.1. The Hall–Kier alpha value is -4.20. The first kappa shape index (κ1) is 33.7. The Labute approximate surface area is 270 Å². The van der Waals surface area contributed by atoms with Crippen molar-refractivity contribution in [2.24, 2.45) is 0 Å². The summed E-state index contributed by atoms with van der Waals surface area (Å²) in [6.45, 7) is 11.0. The van der Waals surface area contributed by atoms with Crippen LogP contribution in [0.4, 0.5) is 11.4 Å². The molecule has 0 heterocycles. The second kappa shape index (κ2) is 13.4. The van der Waals surface area contributed by atoms with Crippen molar-refractivity contribution in [2.45, 2.75) is 47.6 Å². The number of aryl methyl sites for hydroxylation is 5. The molecule has 6 nitrogen and oxygen atoms in total. The number of nitrogens with zero attached hydrogens (tertiary/aromatic N) is 2. The second-order valence-electron chi connectivity index (χ2n) is 13.8. The van der Waals surface area contributed by atoms with Gasteiger partial charge in [0, 0.05) is 28.1 Å². The Morgan fingerprint density at radius 3 is 1.29 bits per heavy atom. The van der Waals surface area contributed by atoms with Crippen molar-refractivity contribution in [1.29, 1.82) is 0 Å². The third-order valence-electron chi connectivity index (χ3n) is 7.97. The van der Waals surface area contributed by atoms with Crippen LogP contribution in [0.25, 0.3) is 11.1 Å². The van der Waals surface area contributed by atoms with Crippen molar-refractivity contribution in [2.75, 3.05) is 45.9 Å². The SMILES string of the molecule is CCc1ccc(C(=O)Nc2c(C)cc(-c3cc(C)c(NC(=O)c4ccc(C[N+](C)(C)[B][N+](C)(C)C)cc4)c(C)c3)cc2C)cc1. The summed E-state index contributed by atoms with van der Waals surface area (Å²) in [5.41, 5.74) is 11.4. The normalized spacial score (nSPS) is 11.7. The molecule has 4 rings (SSSR count). The van der Waals surface area contributed by atoms with E-state index in [9.17, 15) is 9.59 Å². The van der Waals surface area contributed by atoms with Gasteiger partial charge in [0.05, 0.1) is 41.8 Å². The molecule has 0 unspecified atom stereocenters. The lowest BCUT2D eigenvalue weighted by molar-refractivity contribution is -0.888. The van der Waals surface area contributed by atoms with Crippen LogP contribution in [-0.4, -0.2) is 63.4 Å². The van der Waals surface area contributed by atoms with Crippen LogP contribution >= 0.6 is 0 Å². The van der Waals surface area contributed by atoms with E-state index >= 15 is 0 Å². The van der Waals surface area contributed by atoms with Gasteiger partial charge in [-0.3, -0.25) is 9.59 Å². The molecule has 0 aromatic heterocycles. The molecule has 0 saturated carbocycles. The molecular weight excluding hydrogens is 555 g/mol. The van der Waals surface area contributed by atoms with Gasteiger partial charge in [-0.25, -0.2) is 0 Å². The quantitative estimate of drug-likeness (QED) is 0.185. The number of carbonyl (C=O) groups excluding carboxylic acids is 2. The Balaban J connectivity index is 1.48. The maximum atomic E-state index is 13.2. The minimum absolute atomic E-state index is 0.112. The summed E-state index contributed by atoms with van der Waals surface area (Å²) in [5.74, 6) is -0.234. The van der Waals surface area contributed by atoms with Gasteiger partial charge in [0.15, 0.2) is 0 Å². The summed E-state index contributed by atoms with van der Waals surface area (Å²) in [6.07, 6.45) is 0.941. The zero-order valence-corrected chi connectivity index (χ0v) is 28.6. The fraction of sp³-hybridized carbons (Fsp3) is 0.316. The number of hydrogen-bond acceptors (Lipinski definition) is 2. The van der Waals surface area contributed by atoms with Crippen molar-refractivity contribution in [3.63, 3.8) is 0 Å². The molecule has 2 N–H and O–H groups in total. The third kappa shape index (κ3) is 8.71. The summed E-state index contributed by atoms with van der Waals surface area (Å²) in [6, 6.07) is 24.1. The lowest BCUT2D eigenvalue weighted by Gasteiger charge is -2.32. The van der Waals surface area contributed by atoms with Crippen molar-refractivity contribution in [1.82, 2.24) is 0 Å². The van der Waals surface area contributed by atoms with Gasteiger partial charge in [-0.2, -0.15) is 0 Å². The number of anilines is 2. The molecule has 0 atom stereocenters. The highest BCUT2D eigenvalue weighted by molar-refractivity contribution is 6.16. The third-order valence-corrected chi connectivity index (χ3v) is 7.97. The molecule has 4 aromatic carbocycles. The van der Waals surface area contributed by atoms with Crippen LogP contribution in [0.1, 0.15) is 61.0 Å². The minimum atomic E-state index is -0.122. The highest BCUT2D eigenvalue weighted by atomic mass is 16.2. The first-order valence-electron chi connectivity index (χ1n) is 15.6. The van der Waals surface area contributed by atoms with Crippen LogP contribution in [0, 0.1) is 27.7 Å². The van der Waals surface area contributed by atoms with Crippen LogP contribution < -0.4 is 10.6 Å². The van der Waals surface area contributed by atoms with Crippen LogP contribution in [0.15, 0.2) is 72.8 Å². The van der Waals surface area contributed by atoms with E-state index in [1.807, 2.05) is 76.2 Å². The van der Waals surface area contributed by atoms with E-state index in [-0.39, 0.29) is 11.8 Å². The molecular formula is C38H48BN4O2+2. The highest BCUT2D eigenvalue weighted by Gasteiger charge is 2.36. The monoisotopic (exact) mass is 603 g/mol. The molecule has 2 amide bonds. The fourth-order valence-electron chi connectivity index (χ4n) is 6.13. The number of carbonyl (C=O) groups is 2. The molecule has 0 aliphatic rings. The van der Waals surface area contributed by atoms with Gasteiger partial charge >= 0.3 is 7.55 Å². The van der Waals surface area contributed by atoms with Crippen molar-refractivity contribution < 1.29 is 18.4 Å². The summed E-state index contributed by atoms with van der Waals surface area (Å²) in [7, 11) is 13.1. The lowest BCUT2D eigenvalue weighted by atomic mass is 9.95. The summed E-state index contributed by atoms with van der Waals surface area (Å²) < 4.78 is 1.51. The van der Waals surface area contributed by atoms with Crippen LogP contribution in [0.2, 0.25) is 0 Å². The number of hydrogen-bond donors (Lipinski definition) is 2. The smallest absolute Gasteiger partial charge is 0.337 e. The van der Waals surface area contributed by atoms with Gasteiger partial charge in [-0.05, 0) is 122 Å². The summed E-state index contributed by atoms with van der Waals surface area (Å²) >= 11 is 0. The van der Waals surface area contributed by atoms with E-state index in [4.69, 9.17) is 0 Å². The first-order valence-corrected chi connectivity index (χ1v) is 15.6. The maximum Gasteiger partial charge on any atom is 0.791 e. The molecule has 0 saturated heterocycles. The van der Waals surface area contributed by atoms with Gasteiger partial charge in [0.2, 0.25) is 0 Å². The summed E-state index contributed by atoms with van der Waals surface area (Å²) in [5, 5.41) is 6.26. The topological polar surface area (TPSA) is 58.2 Å². The molecule has 7 heteroatoms. The number of nitrogens with one attached hydrogen (secondary N) is 2. The molecule has 1 radical (unpaired) electrons. The number of quaternary nitrogens is 2. The number of benzene rings is 4. The minimum Gasteiger partial charge on any atom is -0.337 e. The van der Waals surface area contributed by atoms with Gasteiger partial charge in [-0.1, -0.05) is 31.2 Å². The molecule has 0 spiro atoms. The van der Waals surface area contributed by atoms with Crippen LogP contribution in [0.5, 0.6) is 0 Å². The van der Waals surface area contributed by atoms with Crippen molar-refractivity contribution in [3.05, 3.63) is 117 Å². The maximum absolute atomic E-state index is 13.2. The summed E-state index contributed by atoms with van der Waals surface area (Å²) in [4.78, 5) is 26.2. The van der Waals surface area contributed by atoms with E-state index in [0.29, 0.717) is 11.1 Å². The molecule has 45 heavy (non-hydrogen) atoms. The van der Waals surface area contributed by atoms with Gasteiger partial charge in [0.25, 0.3) is 11.8 Å². The average Bonchev–Trinajstić information content (AvgIpc) is 2.95. The molecule has 0 bridgehead atoms. The molecule has 4 aromatic rings. The Morgan fingerprint density at radius 1 is 0.600 bits per heavy atom. The molecule has 0 fully saturated rings. The molecule has 0 aliphatic carbocycles. The standard InChI is InChI=1S/C38H48BN4O2/c1-11-29-12-16-31(17-13-29)37(44)40-35-25(2)20-33(21-26(35)3)34-22-27(4)36(28(5)23-34)41-38(45)32-18-14-30(15-19-32)24-43(9,10)39-42(6,7)8/h12-23H,11,24H2,1-10H3,(H,40,44)(H,41,45)/q+2. The number of rotatable bonds is 10. The van der Waals surface area contributed by atoms with E-state index in [0.717, 1.165) is 66.5 Å². The Morgan fingerprint density at radius 2 is 0.956 bits per heavy atom. The first-order chi connectivity index (χ1) is 21.0. The average molecular weight is 604 g/mol. The zero-order chi connectivity index (χ0) is 33.1. The predicted molar refractivity (Wildman–Crippen MR) is 189 cm³/mol. The van der Waals surface area contributed by atoms with Gasteiger partial charge in [0.1, 0.15) is 0 Å². The van der Waals surface area contributed by atoms with Crippen molar-refractivity contribution in [3.8, 4) is 11.1 Å². The second-order valence-corrected chi connectivity index (χ2v) is 13.8. The molecule has 233 valence electrons. The Bertz CT molecular complexity index is 1660. The van der Waals surface area contributed by atoms with Gasteiger partial charge in [-0.15, -0.1) is 0 Å².